The molecule has 2 aliphatic heterocycles. The minimum Gasteiger partial charge on any atom is -0.319 e. The lowest BCUT2D eigenvalue weighted by molar-refractivity contribution is -0.134. The zero-order valence-electron chi connectivity index (χ0n) is 15.4. The highest BCUT2D eigenvalue weighted by Crippen LogP contribution is 2.40. The highest BCUT2D eigenvalue weighted by atomic mass is 16.2. The Morgan fingerprint density at radius 2 is 1.96 bits per heavy atom. The van der Waals surface area contributed by atoms with Gasteiger partial charge < -0.3 is 10.6 Å². The largest absolute Gasteiger partial charge is 0.325 e. The van der Waals surface area contributed by atoms with Crippen LogP contribution in [0.15, 0.2) is 48.8 Å². The summed E-state index contributed by atoms with van der Waals surface area (Å²) in [4.78, 5) is 32.0. The first-order chi connectivity index (χ1) is 13.7. The number of carbonyl (C=O) groups excluding carboxylic acids is 2. The summed E-state index contributed by atoms with van der Waals surface area (Å²) in [6.07, 6.45) is 4.88. The average molecular weight is 375 g/mol. The van der Waals surface area contributed by atoms with Crippen molar-refractivity contribution in [2.24, 2.45) is 5.92 Å². The normalized spacial score (nSPS) is 22.8. The van der Waals surface area contributed by atoms with Gasteiger partial charge in [0.1, 0.15) is 0 Å². The Morgan fingerprint density at radius 1 is 1.18 bits per heavy atom. The summed E-state index contributed by atoms with van der Waals surface area (Å²) in [6, 6.07) is 12.4. The van der Waals surface area contributed by atoms with Crippen LogP contribution in [0.5, 0.6) is 0 Å². The summed E-state index contributed by atoms with van der Waals surface area (Å²) < 4.78 is 0. The van der Waals surface area contributed by atoms with Gasteiger partial charge in [-0.15, -0.1) is 0 Å². The fourth-order valence-electron chi connectivity index (χ4n) is 4.23. The van der Waals surface area contributed by atoms with E-state index >= 15 is 0 Å². The predicted molar refractivity (Wildman–Crippen MR) is 102 cm³/mol. The minimum absolute atomic E-state index is 0.0226. The molecule has 0 bridgehead atoms. The SMILES string of the molecule is N#Cc1ccccc1CN1C(=O)NC(c2cccnc2)(C2CCNCC2)C1=O. The first-order valence-electron chi connectivity index (χ1n) is 9.40. The molecule has 3 amide bonds. The van der Waals surface area contributed by atoms with Gasteiger partial charge in [0.2, 0.25) is 0 Å². The molecule has 4 rings (SSSR count). The van der Waals surface area contributed by atoms with E-state index in [0.717, 1.165) is 25.9 Å². The van der Waals surface area contributed by atoms with Gasteiger partial charge in [0, 0.05) is 18.0 Å². The van der Waals surface area contributed by atoms with E-state index in [2.05, 4.69) is 21.7 Å². The Morgan fingerprint density at radius 3 is 2.68 bits per heavy atom. The van der Waals surface area contributed by atoms with Gasteiger partial charge in [-0.25, -0.2) is 4.79 Å². The van der Waals surface area contributed by atoms with Gasteiger partial charge in [-0.05, 0) is 49.5 Å². The van der Waals surface area contributed by atoms with Gasteiger partial charge >= 0.3 is 6.03 Å². The number of piperidine rings is 1. The molecule has 0 spiro atoms. The zero-order chi connectivity index (χ0) is 19.6. The fourth-order valence-corrected chi connectivity index (χ4v) is 4.23. The molecule has 7 nitrogen and oxygen atoms in total. The molecule has 0 aliphatic carbocycles. The van der Waals surface area contributed by atoms with E-state index in [1.54, 1.807) is 42.7 Å². The van der Waals surface area contributed by atoms with E-state index in [4.69, 9.17) is 0 Å². The molecule has 1 aromatic heterocycles. The number of urea groups is 1. The van der Waals surface area contributed by atoms with Crippen molar-refractivity contribution in [1.82, 2.24) is 20.5 Å². The Kier molecular flexibility index (Phi) is 4.80. The molecule has 0 saturated carbocycles. The Labute approximate surface area is 163 Å². The Balaban J connectivity index is 1.73. The Hall–Kier alpha value is -3.24. The van der Waals surface area contributed by atoms with Gasteiger partial charge in [0.25, 0.3) is 5.91 Å². The summed E-state index contributed by atoms with van der Waals surface area (Å²) in [5.74, 6) is -0.296. The van der Waals surface area contributed by atoms with Gasteiger partial charge in [-0.1, -0.05) is 24.3 Å². The van der Waals surface area contributed by atoms with Crippen molar-refractivity contribution >= 4 is 11.9 Å². The molecule has 1 unspecified atom stereocenters. The van der Waals surface area contributed by atoms with Crippen LogP contribution in [0.2, 0.25) is 0 Å². The van der Waals surface area contributed by atoms with E-state index in [1.807, 2.05) is 6.07 Å². The van der Waals surface area contributed by atoms with Crippen molar-refractivity contribution in [1.29, 1.82) is 5.26 Å². The third kappa shape index (κ3) is 2.92. The predicted octanol–water partition coefficient (Wildman–Crippen LogP) is 1.90. The van der Waals surface area contributed by atoms with Crippen LogP contribution in [0, 0.1) is 17.2 Å². The molecule has 2 N–H and O–H groups in total. The summed E-state index contributed by atoms with van der Waals surface area (Å²) in [5.41, 5.74) is 0.704. The van der Waals surface area contributed by atoms with Crippen LogP contribution in [0.3, 0.4) is 0 Å². The smallest absolute Gasteiger partial charge is 0.319 e. The molecule has 2 aromatic rings. The maximum Gasteiger partial charge on any atom is 0.325 e. The van der Waals surface area contributed by atoms with E-state index in [0.29, 0.717) is 16.7 Å². The van der Waals surface area contributed by atoms with Gasteiger partial charge in [0.05, 0.1) is 18.2 Å². The monoisotopic (exact) mass is 375 g/mol. The van der Waals surface area contributed by atoms with Crippen LogP contribution in [0.25, 0.3) is 0 Å². The number of pyridine rings is 1. The summed E-state index contributed by atoms with van der Waals surface area (Å²) >= 11 is 0. The van der Waals surface area contributed by atoms with Crippen LogP contribution in [0.4, 0.5) is 4.79 Å². The number of nitrogens with zero attached hydrogens (tertiary/aromatic N) is 3. The van der Waals surface area contributed by atoms with Crippen LogP contribution >= 0.6 is 0 Å². The number of hydrogen-bond acceptors (Lipinski definition) is 5. The summed E-state index contributed by atoms with van der Waals surface area (Å²) in [5, 5.41) is 15.6. The van der Waals surface area contributed by atoms with Crippen LogP contribution in [-0.2, 0) is 16.9 Å². The molecule has 3 heterocycles. The van der Waals surface area contributed by atoms with E-state index in [1.165, 1.54) is 4.90 Å². The summed E-state index contributed by atoms with van der Waals surface area (Å²) in [6.45, 7) is 1.67. The highest BCUT2D eigenvalue weighted by Gasteiger charge is 2.56. The molecule has 1 atom stereocenters. The first-order valence-corrected chi connectivity index (χ1v) is 9.40. The quantitative estimate of drug-likeness (QED) is 0.796. The maximum atomic E-state index is 13.7. The zero-order valence-corrected chi connectivity index (χ0v) is 15.4. The van der Waals surface area contributed by atoms with E-state index in [-0.39, 0.29) is 18.4 Å². The molecule has 0 radical (unpaired) electrons. The number of nitriles is 1. The second-order valence-corrected chi connectivity index (χ2v) is 7.16. The van der Waals surface area contributed by atoms with Crippen molar-refractivity contribution in [2.75, 3.05) is 13.1 Å². The van der Waals surface area contributed by atoms with Crippen LogP contribution < -0.4 is 10.6 Å². The van der Waals surface area contributed by atoms with Crippen molar-refractivity contribution in [3.8, 4) is 6.07 Å². The number of aromatic nitrogens is 1. The molecular formula is C21H21N5O2. The third-order valence-corrected chi connectivity index (χ3v) is 5.67. The van der Waals surface area contributed by atoms with E-state index < -0.39 is 11.6 Å². The third-order valence-electron chi connectivity index (χ3n) is 5.67. The van der Waals surface area contributed by atoms with Crippen molar-refractivity contribution in [2.45, 2.75) is 24.9 Å². The molecule has 1 aromatic carbocycles. The molecule has 2 fully saturated rings. The van der Waals surface area contributed by atoms with Crippen LogP contribution in [0.1, 0.15) is 29.5 Å². The number of imide groups is 1. The highest BCUT2D eigenvalue weighted by molar-refractivity contribution is 6.07. The van der Waals surface area contributed by atoms with Gasteiger partial charge in [-0.2, -0.15) is 5.26 Å². The second kappa shape index (κ2) is 7.41. The molecule has 7 heteroatoms. The average Bonchev–Trinajstić information content (AvgIpc) is 3.01. The van der Waals surface area contributed by atoms with Gasteiger partial charge in [-0.3, -0.25) is 14.7 Å². The lowest BCUT2D eigenvalue weighted by Crippen LogP contribution is -2.53. The number of benzene rings is 1. The number of carbonyl (C=O) groups is 2. The van der Waals surface area contributed by atoms with Gasteiger partial charge in [0.15, 0.2) is 5.54 Å². The Bertz CT molecular complexity index is 933. The van der Waals surface area contributed by atoms with Crippen LogP contribution in [-0.4, -0.2) is 34.9 Å². The molecule has 28 heavy (non-hydrogen) atoms. The molecule has 142 valence electrons. The van der Waals surface area contributed by atoms with Crippen molar-refractivity contribution in [3.05, 3.63) is 65.5 Å². The number of hydrogen-bond donors (Lipinski definition) is 2. The van der Waals surface area contributed by atoms with Crippen molar-refractivity contribution in [3.63, 3.8) is 0 Å². The molecule has 2 saturated heterocycles. The minimum atomic E-state index is -1.12. The molecular weight excluding hydrogens is 354 g/mol. The van der Waals surface area contributed by atoms with Crippen molar-refractivity contribution < 1.29 is 9.59 Å². The second-order valence-electron chi connectivity index (χ2n) is 7.16. The lowest BCUT2D eigenvalue weighted by atomic mass is 9.74. The lowest BCUT2D eigenvalue weighted by Gasteiger charge is -2.37. The summed E-state index contributed by atoms with van der Waals surface area (Å²) in [7, 11) is 0. The van der Waals surface area contributed by atoms with E-state index in [9.17, 15) is 14.9 Å². The fraction of sp³-hybridized carbons (Fsp3) is 0.333. The number of rotatable bonds is 4. The number of nitrogens with one attached hydrogen (secondary N) is 2. The standard InChI is InChI=1S/C21H21N5O2/c22-12-15-4-1-2-5-16(15)14-26-19(27)21(25-20(26)28,17-7-10-23-11-8-17)18-6-3-9-24-13-18/h1-6,9,13,17,23H,7-8,10-11,14H2,(H,25,28). The topological polar surface area (TPSA) is 98.1 Å². The number of amides is 3. The maximum absolute atomic E-state index is 13.7. The molecule has 2 aliphatic rings. The first kappa shape index (κ1) is 18.1.